The Bertz CT molecular complexity index is 336. The van der Waals surface area contributed by atoms with E-state index in [0.717, 1.165) is 24.5 Å². The maximum absolute atomic E-state index is 6.25. The van der Waals surface area contributed by atoms with Crippen molar-refractivity contribution in [2.24, 2.45) is 5.73 Å². The molecule has 2 rings (SSSR count). The number of rotatable bonds is 2. The number of nitrogens with two attached hydrogens (primary N) is 1. The van der Waals surface area contributed by atoms with E-state index in [1.807, 2.05) is 6.92 Å². The molecule has 0 spiro atoms. The van der Waals surface area contributed by atoms with Crippen LogP contribution in [-0.4, -0.2) is 14.8 Å². The Morgan fingerprint density at radius 2 is 2.00 bits per heavy atom. The van der Waals surface area contributed by atoms with Crippen molar-refractivity contribution in [2.45, 2.75) is 51.6 Å². The fourth-order valence-corrected chi connectivity index (χ4v) is 2.11. The Morgan fingerprint density at radius 1 is 1.36 bits per heavy atom. The standard InChI is InChI=1S/C10H18N4/c1-7(2)14-8(3)12-13-9(14)10(11)5-4-6-10/h7H,4-6,11H2,1-3H3. The van der Waals surface area contributed by atoms with Gasteiger partial charge in [-0.1, -0.05) is 0 Å². The van der Waals surface area contributed by atoms with Crippen LogP contribution in [0.2, 0.25) is 0 Å². The van der Waals surface area contributed by atoms with E-state index in [1.54, 1.807) is 0 Å². The SMILES string of the molecule is Cc1nnc(C2(N)CCC2)n1C(C)C. The Hall–Kier alpha value is -0.900. The van der Waals surface area contributed by atoms with Crippen molar-refractivity contribution in [1.82, 2.24) is 14.8 Å². The minimum absolute atomic E-state index is 0.203. The zero-order valence-corrected chi connectivity index (χ0v) is 9.12. The van der Waals surface area contributed by atoms with Crippen LogP contribution < -0.4 is 5.73 Å². The van der Waals surface area contributed by atoms with Crippen LogP contribution in [0.25, 0.3) is 0 Å². The van der Waals surface area contributed by atoms with Crippen molar-refractivity contribution in [2.75, 3.05) is 0 Å². The van der Waals surface area contributed by atoms with Gasteiger partial charge in [-0.05, 0) is 40.0 Å². The van der Waals surface area contributed by atoms with E-state index in [-0.39, 0.29) is 5.54 Å². The Labute approximate surface area is 84.5 Å². The van der Waals surface area contributed by atoms with Crippen molar-refractivity contribution in [3.63, 3.8) is 0 Å². The lowest BCUT2D eigenvalue weighted by atomic mass is 9.77. The largest absolute Gasteiger partial charge is 0.319 e. The Balaban J connectivity index is 2.42. The van der Waals surface area contributed by atoms with Gasteiger partial charge < -0.3 is 10.3 Å². The predicted molar refractivity (Wildman–Crippen MR) is 54.9 cm³/mol. The van der Waals surface area contributed by atoms with Crippen LogP contribution >= 0.6 is 0 Å². The highest BCUT2D eigenvalue weighted by Crippen LogP contribution is 2.38. The summed E-state index contributed by atoms with van der Waals surface area (Å²) in [6, 6.07) is 0.390. The van der Waals surface area contributed by atoms with E-state index in [4.69, 9.17) is 5.73 Å². The van der Waals surface area contributed by atoms with Gasteiger partial charge in [0.05, 0.1) is 5.54 Å². The highest BCUT2D eigenvalue weighted by atomic mass is 15.3. The number of hydrogen-bond donors (Lipinski definition) is 1. The first kappa shape index (κ1) is 9.65. The fraction of sp³-hybridized carbons (Fsp3) is 0.800. The lowest BCUT2D eigenvalue weighted by Gasteiger charge is -2.37. The molecule has 0 bridgehead atoms. The second-order valence-electron chi connectivity index (χ2n) is 4.54. The molecular formula is C10H18N4. The van der Waals surface area contributed by atoms with Crippen molar-refractivity contribution >= 4 is 0 Å². The van der Waals surface area contributed by atoms with Crippen molar-refractivity contribution in [3.05, 3.63) is 11.6 Å². The van der Waals surface area contributed by atoms with Gasteiger partial charge in [-0.25, -0.2) is 0 Å². The molecule has 4 heteroatoms. The van der Waals surface area contributed by atoms with Gasteiger partial charge in [0, 0.05) is 6.04 Å². The molecule has 1 aromatic rings. The topological polar surface area (TPSA) is 56.7 Å². The number of aromatic nitrogens is 3. The smallest absolute Gasteiger partial charge is 0.153 e. The molecule has 4 nitrogen and oxygen atoms in total. The van der Waals surface area contributed by atoms with Gasteiger partial charge in [0.1, 0.15) is 5.82 Å². The van der Waals surface area contributed by atoms with Crippen LogP contribution in [-0.2, 0) is 5.54 Å². The fourth-order valence-electron chi connectivity index (χ4n) is 2.11. The van der Waals surface area contributed by atoms with Gasteiger partial charge in [0.25, 0.3) is 0 Å². The van der Waals surface area contributed by atoms with Gasteiger partial charge in [0.15, 0.2) is 5.82 Å². The lowest BCUT2D eigenvalue weighted by Crippen LogP contribution is -2.46. The first-order chi connectivity index (χ1) is 6.54. The highest BCUT2D eigenvalue weighted by Gasteiger charge is 2.39. The summed E-state index contributed by atoms with van der Waals surface area (Å²) in [6.07, 6.45) is 3.29. The third-order valence-corrected chi connectivity index (χ3v) is 3.07. The molecule has 0 unspecified atom stereocenters. The zero-order chi connectivity index (χ0) is 10.3. The molecule has 1 aliphatic rings. The Kier molecular flexibility index (Phi) is 2.10. The molecule has 1 aliphatic carbocycles. The van der Waals surface area contributed by atoms with Crippen LogP contribution in [0.5, 0.6) is 0 Å². The average molecular weight is 194 g/mol. The van der Waals surface area contributed by atoms with Crippen LogP contribution in [0.1, 0.15) is 50.8 Å². The van der Waals surface area contributed by atoms with Gasteiger partial charge in [-0.2, -0.15) is 0 Å². The van der Waals surface area contributed by atoms with Crippen molar-refractivity contribution in [1.29, 1.82) is 0 Å². The molecular weight excluding hydrogens is 176 g/mol. The van der Waals surface area contributed by atoms with Crippen LogP contribution in [0, 0.1) is 6.92 Å². The molecule has 14 heavy (non-hydrogen) atoms. The van der Waals surface area contributed by atoms with Gasteiger partial charge in [-0.15, -0.1) is 10.2 Å². The van der Waals surface area contributed by atoms with E-state index in [1.165, 1.54) is 6.42 Å². The summed E-state index contributed by atoms with van der Waals surface area (Å²) in [6.45, 7) is 6.27. The lowest BCUT2D eigenvalue weighted by molar-refractivity contribution is 0.226. The second kappa shape index (κ2) is 3.05. The predicted octanol–water partition coefficient (Wildman–Crippen LogP) is 1.51. The van der Waals surface area contributed by atoms with Gasteiger partial charge in [-0.3, -0.25) is 0 Å². The molecule has 0 atom stereocenters. The van der Waals surface area contributed by atoms with Crippen LogP contribution in [0.4, 0.5) is 0 Å². The number of aryl methyl sites for hydroxylation is 1. The molecule has 2 N–H and O–H groups in total. The maximum Gasteiger partial charge on any atom is 0.153 e. The molecule has 0 saturated heterocycles. The summed E-state index contributed by atoms with van der Waals surface area (Å²) < 4.78 is 2.15. The monoisotopic (exact) mass is 194 g/mol. The summed E-state index contributed by atoms with van der Waals surface area (Å²) in [5.74, 6) is 1.93. The van der Waals surface area contributed by atoms with E-state index < -0.39 is 0 Å². The number of hydrogen-bond acceptors (Lipinski definition) is 3. The summed E-state index contributed by atoms with van der Waals surface area (Å²) >= 11 is 0. The highest BCUT2D eigenvalue weighted by molar-refractivity contribution is 5.13. The normalized spacial score (nSPS) is 19.8. The third-order valence-electron chi connectivity index (χ3n) is 3.07. The first-order valence-electron chi connectivity index (χ1n) is 5.25. The van der Waals surface area contributed by atoms with Gasteiger partial charge >= 0.3 is 0 Å². The van der Waals surface area contributed by atoms with E-state index >= 15 is 0 Å². The maximum atomic E-state index is 6.25. The van der Waals surface area contributed by atoms with E-state index in [2.05, 4.69) is 28.6 Å². The van der Waals surface area contributed by atoms with E-state index in [9.17, 15) is 0 Å². The molecule has 78 valence electrons. The molecule has 0 aromatic carbocycles. The molecule has 0 radical (unpaired) electrons. The minimum Gasteiger partial charge on any atom is -0.319 e. The van der Waals surface area contributed by atoms with E-state index in [0.29, 0.717) is 6.04 Å². The molecule has 0 amide bonds. The average Bonchev–Trinajstić information content (AvgIpc) is 2.43. The molecule has 1 aromatic heterocycles. The molecule has 1 saturated carbocycles. The van der Waals surface area contributed by atoms with Crippen molar-refractivity contribution in [3.8, 4) is 0 Å². The van der Waals surface area contributed by atoms with Crippen LogP contribution in [0.15, 0.2) is 0 Å². The van der Waals surface area contributed by atoms with Gasteiger partial charge in [0.2, 0.25) is 0 Å². The molecule has 1 fully saturated rings. The summed E-state index contributed by atoms with van der Waals surface area (Å²) in [4.78, 5) is 0. The van der Waals surface area contributed by atoms with Crippen LogP contribution in [0.3, 0.4) is 0 Å². The Morgan fingerprint density at radius 3 is 2.43 bits per heavy atom. The molecule has 1 heterocycles. The summed E-state index contributed by atoms with van der Waals surface area (Å²) in [7, 11) is 0. The zero-order valence-electron chi connectivity index (χ0n) is 9.12. The third kappa shape index (κ3) is 1.25. The summed E-state index contributed by atoms with van der Waals surface area (Å²) in [5.41, 5.74) is 6.05. The first-order valence-corrected chi connectivity index (χ1v) is 5.25. The van der Waals surface area contributed by atoms with Crippen molar-refractivity contribution < 1.29 is 0 Å². The number of nitrogens with zero attached hydrogens (tertiary/aromatic N) is 3. The summed E-state index contributed by atoms with van der Waals surface area (Å²) in [5, 5.41) is 8.34. The molecule has 0 aliphatic heterocycles. The quantitative estimate of drug-likeness (QED) is 0.776. The minimum atomic E-state index is -0.203. The second-order valence-corrected chi connectivity index (χ2v) is 4.54.